The van der Waals surface area contributed by atoms with Crippen LogP contribution in [0.25, 0.3) is 0 Å². The molecule has 2 heteroatoms. The first-order valence-corrected chi connectivity index (χ1v) is 4.78. The number of hydrogen-bond acceptors (Lipinski definition) is 2. The lowest BCUT2D eigenvalue weighted by Gasteiger charge is -1.99. The molecule has 0 aliphatic carbocycles. The number of hydrogen-bond donors (Lipinski definition) is 0. The van der Waals surface area contributed by atoms with Crippen molar-refractivity contribution in [3.05, 3.63) is 36.1 Å². The summed E-state index contributed by atoms with van der Waals surface area (Å²) in [5, 5.41) is 0. The normalized spacial score (nSPS) is 12.5. The molecule has 0 saturated carbocycles. The second kappa shape index (κ2) is 7.13. The van der Waals surface area contributed by atoms with E-state index in [-0.39, 0.29) is 5.97 Å². The van der Waals surface area contributed by atoms with Gasteiger partial charge in [-0.2, -0.15) is 0 Å². The molecule has 0 aromatic carbocycles. The molecular weight excluding hydrogens is 176 g/mol. The fraction of sp³-hybridized carbons (Fsp3) is 0.417. The smallest absolute Gasteiger partial charge is 0.338 e. The monoisotopic (exact) mass is 194 g/mol. The van der Waals surface area contributed by atoms with Crippen molar-refractivity contribution >= 4 is 5.97 Å². The van der Waals surface area contributed by atoms with Crippen molar-refractivity contribution in [3.8, 4) is 0 Å². The van der Waals surface area contributed by atoms with E-state index in [1.54, 1.807) is 13.0 Å². The third kappa shape index (κ3) is 5.36. The Morgan fingerprint density at radius 1 is 1.43 bits per heavy atom. The van der Waals surface area contributed by atoms with Gasteiger partial charge in [0.2, 0.25) is 0 Å². The summed E-state index contributed by atoms with van der Waals surface area (Å²) in [6.45, 7) is 9.21. The lowest BCUT2D eigenvalue weighted by Crippen LogP contribution is -2.01. The van der Waals surface area contributed by atoms with Crippen LogP contribution in [-0.2, 0) is 9.53 Å². The Balaban J connectivity index is 4.15. The van der Waals surface area contributed by atoms with E-state index in [0.29, 0.717) is 5.57 Å². The Bertz CT molecular complexity index is 259. The van der Waals surface area contributed by atoms with Gasteiger partial charge in [0.25, 0.3) is 0 Å². The molecule has 0 atom stereocenters. The Kier molecular flexibility index (Phi) is 6.46. The van der Waals surface area contributed by atoms with E-state index in [2.05, 4.69) is 13.5 Å². The Hall–Kier alpha value is -1.31. The quantitative estimate of drug-likeness (QED) is 0.290. The maximum absolute atomic E-state index is 11.3. The van der Waals surface area contributed by atoms with Gasteiger partial charge in [0, 0.05) is 5.57 Å². The maximum Gasteiger partial charge on any atom is 0.338 e. The summed E-state index contributed by atoms with van der Waals surface area (Å²) in [6.07, 6.45) is 6.88. The average Bonchev–Trinajstić information content (AvgIpc) is 2.21. The van der Waals surface area contributed by atoms with Crippen LogP contribution in [0.3, 0.4) is 0 Å². The lowest BCUT2D eigenvalue weighted by molar-refractivity contribution is -0.133. The van der Waals surface area contributed by atoms with Crippen LogP contribution in [-0.4, -0.2) is 5.97 Å². The average molecular weight is 194 g/mol. The highest BCUT2D eigenvalue weighted by Crippen LogP contribution is 2.02. The highest BCUT2D eigenvalue weighted by atomic mass is 16.5. The second-order valence-corrected chi connectivity index (χ2v) is 3.15. The van der Waals surface area contributed by atoms with Gasteiger partial charge in [-0.05, 0) is 25.8 Å². The van der Waals surface area contributed by atoms with Gasteiger partial charge in [-0.25, -0.2) is 4.79 Å². The van der Waals surface area contributed by atoms with Crippen molar-refractivity contribution < 1.29 is 9.53 Å². The molecule has 0 heterocycles. The molecule has 14 heavy (non-hydrogen) atoms. The molecular formula is C12H18O2. The van der Waals surface area contributed by atoms with Gasteiger partial charge >= 0.3 is 5.97 Å². The Labute approximate surface area is 86.0 Å². The number of carbonyl (C=O) groups excluding carboxylic acids is 1. The lowest BCUT2D eigenvalue weighted by atomic mass is 10.2. The molecule has 0 unspecified atom stereocenters. The number of unbranched alkanes of at least 4 members (excludes halogenated alkanes) is 1. The summed E-state index contributed by atoms with van der Waals surface area (Å²) in [4.78, 5) is 11.3. The minimum Gasteiger partial charge on any atom is -0.431 e. The summed E-state index contributed by atoms with van der Waals surface area (Å²) in [7, 11) is 0. The van der Waals surface area contributed by atoms with Gasteiger partial charge in [0.15, 0.2) is 0 Å². The van der Waals surface area contributed by atoms with Crippen molar-refractivity contribution in [2.75, 3.05) is 0 Å². The third-order valence-corrected chi connectivity index (χ3v) is 1.74. The van der Waals surface area contributed by atoms with Gasteiger partial charge in [-0.1, -0.05) is 32.1 Å². The van der Waals surface area contributed by atoms with E-state index in [9.17, 15) is 4.79 Å². The first-order valence-electron chi connectivity index (χ1n) is 4.78. The van der Waals surface area contributed by atoms with Gasteiger partial charge in [0.1, 0.15) is 0 Å². The zero-order valence-corrected chi connectivity index (χ0v) is 9.17. The fourth-order valence-electron chi connectivity index (χ4n) is 0.732. The molecule has 0 saturated heterocycles. The molecule has 0 aromatic rings. The van der Waals surface area contributed by atoms with Gasteiger partial charge in [0.05, 0.1) is 6.26 Å². The van der Waals surface area contributed by atoms with Crippen LogP contribution in [0.5, 0.6) is 0 Å². The van der Waals surface area contributed by atoms with Gasteiger partial charge in [-0.15, -0.1) is 0 Å². The second-order valence-electron chi connectivity index (χ2n) is 3.15. The molecule has 0 fully saturated rings. The largest absolute Gasteiger partial charge is 0.431 e. The zero-order valence-electron chi connectivity index (χ0n) is 9.17. The van der Waals surface area contributed by atoms with Crippen LogP contribution in [0.1, 0.15) is 33.6 Å². The number of rotatable bonds is 5. The summed E-state index contributed by atoms with van der Waals surface area (Å²) < 4.78 is 4.91. The minimum atomic E-state index is -0.292. The molecule has 78 valence electrons. The van der Waals surface area contributed by atoms with Crippen molar-refractivity contribution in [2.45, 2.75) is 33.6 Å². The van der Waals surface area contributed by atoms with Crippen LogP contribution >= 0.6 is 0 Å². The van der Waals surface area contributed by atoms with E-state index in [0.717, 1.165) is 18.4 Å². The molecule has 0 aromatic heterocycles. The number of carbonyl (C=O) groups is 1. The van der Waals surface area contributed by atoms with Crippen molar-refractivity contribution in [3.63, 3.8) is 0 Å². The zero-order chi connectivity index (χ0) is 11.0. The van der Waals surface area contributed by atoms with E-state index in [1.807, 2.05) is 13.0 Å². The number of ether oxygens (including phenoxy) is 1. The summed E-state index contributed by atoms with van der Waals surface area (Å²) >= 11 is 0. The van der Waals surface area contributed by atoms with E-state index in [4.69, 9.17) is 4.74 Å². The predicted molar refractivity (Wildman–Crippen MR) is 58.7 cm³/mol. The van der Waals surface area contributed by atoms with Crippen LogP contribution < -0.4 is 0 Å². The highest BCUT2D eigenvalue weighted by Gasteiger charge is 2.02. The summed E-state index contributed by atoms with van der Waals surface area (Å²) in [6, 6.07) is 0. The molecule has 0 N–H and O–H groups in total. The molecule has 0 aliphatic heterocycles. The van der Waals surface area contributed by atoms with Crippen molar-refractivity contribution in [2.24, 2.45) is 0 Å². The molecule has 0 aliphatic rings. The highest BCUT2D eigenvalue weighted by molar-refractivity contribution is 5.88. The van der Waals surface area contributed by atoms with Crippen LogP contribution in [0.15, 0.2) is 36.1 Å². The summed E-state index contributed by atoms with van der Waals surface area (Å²) in [5.74, 6) is -0.292. The maximum atomic E-state index is 11.3. The molecule has 2 nitrogen and oxygen atoms in total. The Morgan fingerprint density at radius 2 is 2.07 bits per heavy atom. The number of esters is 1. The number of allylic oxidation sites excluding steroid dienone is 3. The van der Waals surface area contributed by atoms with Gasteiger partial charge in [-0.3, -0.25) is 0 Å². The third-order valence-electron chi connectivity index (χ3n) is 1.74. The summed E-state index contributed by atoms with van der Waals surface area (Å²) in [5.41, 5.74) is 1.49. The fourth-order valence-corrected chi connectivity index (χ4v) is 0.732. The van der Waals surface area contributed by atoms with Crippen molar-refractivity contribution in [1.82, 2.24) is 0 Å². The molecule has 0 spiro atoms. The first-order chi connectivity index (χ1) is 6.61. The Morgan fingerprint density at radius 3 is 2.57 bits per heavy atom. The standard InChI is InChI=1S/C12H18O2/c1-5-7-8-11(4)12(13)14-9-10(3)6-2/h6,8-9H,2,5,7H2,1,3-4H3. The van der Waals surface area contributed by atoms with Gasteiger partial charge < -0.3 is 4.74 Å². The SMILES string of the molecule is C=CC(C)=COC(=O)C(C)=CCCC. The van der Waals surface area contributed by atoms with Crippen LogP contribution in [0.4, 0.5) is 0 Å². The molecule has 0 rings (SSSR count). The van der Waals surface area contributed by atoms with E-state index < -0.39 is 0 Å². The molecule has 0 radical (unpaired) electrons. The first kappa shape index (κ1) is 12.7. The van der Waals surface area contributed by atoms with Crippen LogP contribution in [0.2, 0.25) is 0 Å². The van der Waals surface area contributed by atoms with E-state index in [1.165, 1.54) is 6.26 Å². The minimum absolute atomic E-state index is 0.292. The van der Waals surface area contributed by atoms with Crippen LogP contribution in [0, 0.1) is 0 Å². The molecule has 0 amide bonds. The molecule has 0 bridgehead atoms. The van der Waals surface area contributed by atoms with E-state index >= 15 is 0 Å². The topological polar surface area (TPSA) is 26.3 Å². The van der Waals surface area contributed by atoms with Crippen molar-refractivity contribution in [1.29, 1.82) is 0 Å². The predicted octanol–water partition coefficient (Wildman–Crippen LogP) is 3.37.